The van der Waals surface area contributed by atoms with E-state index in [1.807, 2.05) is 6.92 Å². The Bertz CT molecular complexity index is 356. The highest BCUT2D eigenvalue weighted by Crippen LogP contribution is 2.26. The summed E-state index contributed by atoms with van der Waals surface area (Å²) in [4.78, 5) is 10.2. The van der Waals surface area contributed by atoms with E-state index in [1.165, 1.54) is 6.33 Å². The minimum absolute atomic E-state index is 0.360. The lowest BCUT2D eigenvalue weighted by molar-refractivity contribution is 0.217. The van der Waals surface area contributed by atoms with Crippen LogP contribution in [0.3, 0.4) is 0 Å². The molecule has 0 aliphatic carbocycles. The molecule has 0 aliphatic rings. The van der Waals surface area contributed by atoms with Crippen molar-refractivity contribution in [3.05, 3.63) is 6.33 Å². The molecule has 0 saturated heterocycles. The second-order valence-corrected chi connectivity index (χ2v) is 3.71. The Morgan fingerprint density at radius 1 is 1.11 bits per heavy atom. The summed E-state index contributed by atoms with van der Waals surface area (Å²) in [7, 11) is 0. The zero-order valence-electron chi connectivity index (χ0n) is 11.3. The summed E-state index contributed by atoms with van der Waals surface area (Å²) in [5.74, 6) is 0.769. The number of nitrogen functional groups attached to an aromatic ring is 1. The molecule has 0 atom stereocenters. The molecule has 102 valence electrons. The van der Waals surface area contributed by atoms with Gasteiger partial charge in [0, 0.05) is 6.54 Å². The topological polar surface area (TPSA) is 73.5 Å². The van der Waals surface area contributed by atoms with Gasteiger partial charge in [-0.2, -0.15) is 9.97 Å². The van der Waals surface area contributed by atoms with Gasteiger partial charge in [-0.1, -0.05) is 13.8 Å². The zero-order valence-corrected chi connectivity index (χ0v) is 11.3. The zero-order chi connectivity index (χ0) is 13.4. The van der Waals surface area contributed by atoms with Crippen molar-refractivity contribution >= 4 is 5.69 Å². The number of rotatable bonds is 8. The largest absolute Gasteiger partial charge is 0.476 e. The molecule has 0 unspecified atom stereocenters. The van der Waals surface area contributed by atoms with Crippen LogP contribution in [0.2, 0.25) is 0 Å². The summed E-state index contributed by atoms with van der Waals surface area (Å²) >= 11 is 0. The minimum atomic E-state index is 0.360. The summed E-state index contributed by atoms with van der Waals surface area (Å²) < 4.78 is 10.8. The first-order valence-electron chi connectivity index (χ1n) is 6.31. The third-order valence-electron chi connectivity index (χ3n) is 2.63. The molecule has 1 rings (SSSR count). The van der Waals surface area contributed by atoms with Crippen LogP contribution in [-0.2, 0) is 0 Å². The van der Waals surface area contributed by atoms with Crippen LogP contribution in [0.1, 0.15) is 20.8 Å². The lowest BCUT2D eigenvalue weighted by Crippen LogP contribution is -2.28. The molecule has 18 heavy (non-hydrogen) atoms. The lowest BCUT2D eigenvalue weighted by atomic mass is 10.4. The highest BCUT2D eigenvalue weighted by molar-refractivity contribution is 5.55. The minimum Gasteiger partial charge on any atom is -0.476 e. The van der Waals surface area contributed by atoms with E-state index >= 15 is 0 Å². The number of likely N-dealkylation sites (N-methyl/N-ethyl adjacent to an activating group) is 1. The number of aromatic nitrogens is 2. The Hall–Kier alpha value is -1.56. The first-order valence-corrected chi connectivity index (χ1v) is 6.31. The quantitative estimate of drug-likeness (QED) is 0.751. The van der Waals surface area contributed by atoms with Gasteiger partial charge >= 0.3 is 0 Å². The van der Waals surface area contributed by atoms with Crippen molar-refractivity contribution in [3.63, 3.8) is 0 Å². The molecular formula is C12H22N4O2. The summed E-state index contributed by atoms with van der Waals surface area (Å²) in [5.41, 5.74) is 6.22. The average molecular weight is 254 g/mol. The molecule has 0 radical (unpaired) electrons. The monoisotopic (exact) mass is 254 g/mol. The molecule has 6 nitrogen and oxygen atoms in total. The van der Waals surface area contributed by atoms with Crippen LogP contribution in [0.5, 0.6) is 11.8 Å². The predicted molar refractivity (Wildman–Crippen MR) is 70.9 cm³/mol. The maximum Gasteiger partial charge on any atom is 0.244 e. The molecule has 0 spiro atoms. The second kappa shape index (κ2) is 7.71. The van der Waals surface area contributed by atoms with E-state index in [1.54, 1.807) is 0 Å². The standard InChI is InChI=1S/C12H22N4O2/c1-4-16(5-2)7-8-18-12-10(13)11(17-6-3)14-9-15-12/h9H,4-8,13H2,1-3H3. The molecule has 0 bridgehead atoms. The van der Waals surface area contributed by atoms with E-state index in [9.17, 15) is 0 Å². The van der Waals surface area contributed by atoms with Crippen molar-refractivity contribution in [2.75, 3.05) is 38.6 Å². The Kier molecular flexibility index (Phi) is 6.21. The SMILES string of the molecule is CCOc1ncnc(OCCN(CC)CC)c1N. The molecular weight excluding hydrogens is 232 g/mol. The summed E-state index contributed by atoms with van der Waals surface area (Å²) in [6, 6.07) is 0. The summed E-state index contributed by atoms with van der Waals surface area (Å²) in [6.45, 7) is 10.0. The van der Waals surface area contributed by atoms with E-state index in [0.29, 0.717) is 30.7 Å². The van der Waals surface area contributed by atoms with Gasteiger partial charge in [-0.05, 0) is 20.0 Å². The number of hydrogen-bond donors (Lipinski definition) is 1. The molecule has 0 amide bonds. The van der Waals surface area contributed by atoms with Crippen molar-refractivity contribution in [3.8, 4) is 11.8 Å². The fourth-order valence-corrected chi connectivity index (χ4v) is 1.54. The van der Waals surface area contributed by atoms with Gasteiger partial charge in [-0.15, -0.1) is 0 Å². The normalized spacial score (nSPS) is 10.7. The molecule has 0 saturated carbocycles. The Labute approximate surface area is 108 Å². The van der Waals surface area contributed by atoms with Crippen molar-refractivity contribution < 1.29 is 9.47 Å². The van der Waals surface area contributed by atoms with E-state index in [2.05, 4.69) is 28.7 Å². The van der Waals surface area contributed by atoms with Crippen molar-refractivity contribution in [2.24, 2.45) is 0 Å². The Morgan fingerprint density at radius 2 is 1.72 bits per heavy atom. The van der Waals surface area contributed by atoms with Crippen LogP contribution >= 0.6 is 0 Å². The van der Waals surface area contributed by atoms with Crippen LogP contribution in [0.15, 0.2) is 6.33 Å². The van der Waals surface area contributed by atoms with E-state index < -0.39 is 0 Å². The van der Waals surface area contributed by atoms with Crippen LogP contribution < -0.4 is 15.2 Å². The summed E-state index contributed by atoms with van der Waals surface area (Å²) in [5, 5.41) is 0. The number of hydrogen-bond acceptors (Lipinski definition) is 6. The van der Waals surface area contributed by atoms with Gasteiger partial charge in [0.25, 0.3) is 0 Å². The highest BCUT2D eigenvalue weighted by Gasteiger charge is 2.10. The van der Waals surface area contributed by atoms with Gasteiger partial charge < -0.3 is 20.1 Å². The van der Waals surface area contributed by atoms with Crippen molar-refractivity contribution in [1.82, 2.24) is 14.9 Å². The molecule has 0 aliphatic heterocycles. The molecule has 1 heterocycles. The van der Waals surface area contributed by atoms with Gasteiger partial charge in [0.1, 0.15) is 12.9 Å². The maximum absolute atomic E-state index is 5.86. The smallest absolute Gasteiger partial charge is 0.244 e. The first kappa shape index (κ1) is 14.5. The molecule has 1 aromatic rings. The van der Waals surface area contributed by atoms with Crippen molar-refractivity contribution in [2.45, 2.75) is 20.8 Å². The fourth-order valence-electron chi connectivity index (χ4n) is 1.54. The first-order chi connectivity index (χ1) is 8.72. The van der Waals surface area contributed by atoms with E-state index in [-0.39, 0.29) is 0 Å². The third-order valence-corrected chi connectivity index (χ3v) is 2.63. The average Bonchev–Trinajstić information content (AvgIpc) is 2.39. The fraction of sp³-hybridized carbons (Fsp3) is 0.667. The Morgan fingerprint density at radius 3 is 2.28 bits per heavy atom. The highest BCUT2D eigenvalue weighted by atomic mass is 16.5. The number of nitrogens with two attached hydrogens (primary N) is 1. The summed E-state index contributed by atoms with van der Waals surface area (Å²) in [6.07, 6.45) is 1.40. The third kappa shape index (κ3) is 4.03. The van der Waals surface area contributed by atoms with Crippen LogP contribution in [0.25, 0.3) is 0 Å². The Balaban J connectivity index is 2.54. The van der Waals surface area contributed by atoms with Crippen molar-refractivity contribution in [1.29, 1.82) is 0 Å². The van der Waals surface area contributed by atoms with Gasteiger partial charge in [0.05, 0.1) is 6.61 Å². The van der Waals surface area contributed by atoms with E-state index in [0.717, 1.165) is 19.6 Å². The van der Waals surface area contributed by atoms with Gasteiger partial charge in [-0.25, -0.2) is 0 Å². The molecule has 0 fully saturated rings. The van der Waals surface area contributed by atoms with Crippen LogP contribution in [0.4, 0.5) is 5.69 Å². The lowest BCUT2D eigenvalue weighted by Gasteiger charge is -2.18. The molecule has 2 N–H and O–H groups in total. The molecule has 6 heteroatoms. The number of anilines is 1. The predicted octanol–water partition coefficient (Wildman–Crippen LogP) is 1.18. The van der Waals surface area contributed by atoms with Gasteiger partial charge in [0.15, 0.2) is 5.69 Å². The number of ether oxygens (including phenoxy) is 2. The van der Waals surface area contributed by atoms with Crippen LogP contribution in [-0.4, -0.2) is 47.7 Å². The van der Waals surface area contributed by atoms with Crippen LogP contribution in [0, 0.1) is 0 Å². The van der Waals surface area contributed by atoms with Gasteiger partial charge in [0.2, 0.25) is 11.8 Å². The molecule has 1 aromatic heterocycles. The van der Waals surface area contributed by atoms with E-state index in [4.69, 9.17) is 15.2 Å². The maximum atomic E-state index is 5.86. The van der Waals surface area contributed by atoms with Gasteiger partial charge in [-0.3, -0.25) is 0 Å². The molecule has 0 aromatic carbocycles. The number of nitrogens with zero attached hydrogens (tertiary/aromatic N) is 3. The second-order valence-electron chi connectivity index (χ2n) is 3.71.